The molecule has 0 bridgehead atoms. The van der Waals surface area contributed by atoms with Crippen LogP contribution in [-0.2, 0) is 9.53 Å². The summed E-state index contributed by atoms with van der Waals surface area (Å²) in [6.45, 7) is 4.80. The van der Waals surface area contributed by atoms with E-state index in [1.165, 1.54) is 23.6 Å². The van der Waals surface area contributed by atoms with Crippen LogP contribution in [0.3, 0.4) is 0 Å². The summed E-state index contributed by atoms with van der Waals surface area (Å²) in [5, 5.41) is 6.50. The van der Waals surface area contributed by atoms with Crippen LogP contribution in [0, 0.1) is 19.7 Å². The van der Waals surface area contributed by atoms with Gasteiger partial charge < -0.3 is 10.1 Å². The Kier molecular flexibility index (Phi) is 4.61. The molecule has 0 saturated heterocycles. The van der Waals surface area contributed by atoms with Gasteiger partial charge in [0.1, 0.15) is 5.82 Å². The Bertz CT molecular complexity index is 1000. The number of fused-ring (bicyclic) bond motifs is 1. The summed E-state index contributed by atoms with van der Waals surface area (Å²) in [6.07, 6.45) is 0.429. The van der Waals surface area contributed by atoms with Gasteiger partial charge >= 0.3 is 5.97 Å². The Hall–Kier alpha value is -3.36. The molecule has 0 spiro atoms. The first-order valence-electron chi connectivity index (χ1n) is 7.81. The number of amides is 1. The van der Waals surface area contributed by atoms with Gasteiger partial charge in [0.2, 0.25) is 0 Å². The smallest absolute Gasteiger partial charge is 0.379 e. The highest BCUT2D eigenvalue weighted by Crippen LogP contribution is 2.14. The molecule has 8 nitrogen and oxygen atoms in total. The first-order valence-corrected chi connectivity index (χ1v) is 7.81. The number of hydrogen-bond acceptors (Lipinski definition) is 6. The molecule has 2 aromatic heterocycles. The second kappa shape index (κ2) is 6.87. The van der Waals surface area contributed by atoms with Crippen molar-refractivity contribution in [2.24, 2.45) is 0 Å². The van der Waals surface area contributed by atoms with Crippen molar-refractivity contribution >= 4 is 23.3 Å². The van der Waals surface area contributed by atoms with Crippen LogP contribution in [0.15, 0.2) is 30.5 Å². The molecular formula is C17H16FN5O3. The normalized spacial score (nSPS) is 12.0. The lowest BCUT2D eigenvalue weighted by Gasteiger charge is -2.12. The molecule has 1 aromatic carbocycles. The maximum absolute atomic E-state index is 13.5. The molecule has 134 valence electrons. The van der Waals surface area contributed by atoms with Crippen molar-refractivity contribution in [1.29, 1.82) is 0 Å². The average molecular weight is 357 g/mol. The molecule has 0 aliphatic heterocycles. The molecule has 2 heterocycles. The van der Waals surface area contributed by atoms with Gasteiger partial charge in [-0.2, -0.15) is 4.98 Å². The molecule has 0 fully saturated rings. The van der Waals surface area contributed by atoms with Gasteiger partial charge in [-0.25, -0.2) is 18.7 Å². The first-order chi connectivity index (χ1) is 12.3. The predicted octanol–water partition coefficient (Wildman–Crippen LogP) is 2.06. The van der Waals surface area contributed by atoms with Crippen LogP contribution in [0.25, 0.3) is 5.78 Å². The number of anilines is 1. The lowest BCUT2D eigenvalue weighted by Crippen LogP contribution is -2.30. The highest BCUT2D eigenvalue weighted by Gasteiger charge is 2.23. The number of halogens is 1. The van der Waals surface area contributed by atoms with Crippen LogP contribution < -0.4 is 5.32 Å². The van der Waals surface area contributed by atoms with Gasteiger partial charge in [0.15, 0.2) is 6.10 Å². The van der Waals surface area contributed by atoms with Gasteiger partial charge in [0, 0.05) is 17.6 Å². The minimum Gasteiger partial charge on any atom is -0.447 e. The third kappa shape index (κ3) is 3.51. The number of carbonyl (C=O) groups excluding carboxylic acids is 2. The van der Waals surface area contributed by atoms with E-state index in [0.29, 0.717) is 5.56 Å². The zero-order valence-electron chi connectivity index (χ0n) is 14.4. The maximum atomic E-state index is 13.5. The van der Waals surface area contributed by atoms with Gasteiger partial charge in [-0.15, -0.1) is 5.10 Å². The molecule has 26 heavy (non-hydrogen) atoms. The number of rotatable bonds is 4. The topological polar surface area (TPSA) is 98.5 Å². The quantitative estimate of drug-likeness (QED) is 0.718. The lowest BCUT2D eigenvalue weighted by molar-refractivity contribution is -0.123. The van der Waals surface area contributed by atoms with E-state index in [2.05, 4.69) is 20.4 Å². The van der Waals surface area contributed by atoms with Gasteiger partial charge in [0.05, 0.1) is 0 Å². The van der Waals surface area contributed by atoms with Gasteiger partial charge in [0.25, 0.3) is 17.5 Å². The molecule has 9 heteroatoms. The lowest BCUT2D eigenvalue weighted by atomic mass is 10.2. The molecule has 0 aliphatic rings. The summed E-state index contributed by atoms with van der Waals surface area (Å²) in [5.41, 5.74) is 1.48. The molecule has 3 aromatic rings. The number of carbonyl (C=O) groups is 2. The van der Waals surface area contributed by atoms with E-state index in [0.717, 1.165) is 5.69 Å². The number of benzene rings is 1. The van der Waals surface area contributed by atoms with E-state index >= 15 is 0 Å². The van der Waals surface area contributed by atoms with E-state index in [1.54, 1.807) is 32.2 Å². The number of aromatic nitrogens is 4. The van der Waals surface area contributed by atoms with Crippen LogP contribution in [-0.4, -0.2) is 37.6 Å². The van der Waals surface area contributed by atoms with Gasteiger partial charge in [-0.1, -0.05) is 6.07 Å². The van der Waals surface area contributed by atoms with Crippen molar-refractivity contribution in [2.45, 2.75) is 26.9 Å². The fraction of sp³-hybridized carbons (Fsp3) is 0.235. The van der Waals surface area contributed by atoms with E-state index in [-0.39, 0.29) is 17.3 Å². The fourth-order valence-corrected chi connectivity index (χ4v) is 2.17. The molecule has 1 N–H and O–H groups in total. The van der Waals surface area contributed by atoms with E-state index in [1.807, 2.05) is 0 Å². The zero-order chi connectivity index (χ0) is 18.8. The number of esters is 1. The molecule has 1 amide bonds. The molecule has 1 atom stereocenters. The SMILES string of the molecule is Cc1ccc(NC(=O)C(C)OC(=O)c2nc3nccc(C)n3n2)cc1F. The van der Waals surface area contributed by atoms with Crippen LogP contribution in [0.2, 0.25) is 0 Å². The number of nitrogens with zero attached hydrogens (tertiary/aromatic N) is 4. The van der Waals surface area contributed by atoms with E-state index in [9.17, 15) is 14.0 Å². The Morgan fingerprint density at radius 1 is 1.27 bits per heavy atom. The largest absolute Gasteiger partial charge is 0.447 e. The molecule has 0 saturated carbocycles. The molecule has 0 aliphatic carbocycles. The number of nitrogens with one attached hydrogen (secondary N) is 1. The third-order valence-corrected chi connectivity index (χ3v) is 3.70. The minimum absolute atomic E-state index is 0.201. The van der Waals surface area contributed by atoms with Crippen LogP contribution in [0.4, 0.5) is 10.1 Å². The Balaban J connectivity index is 1.68. The highest BCUT2D eigenvalue weighted by atomic mass is 19.1. The second-order valence-corrected chi connectivity index (χ2v) is 5.73. The zero-order valence-corrected chi connectivity index (χ0v) is 14.4. The van der Waals surface area contributed by atoms with Gasteiger partial charge in [-0.3, -0.25) is 4.79 Å². The maximum Gasteiger partial charge on any atom is 0.379 e. The molecule has 0 radical (unpaired) electrons. The average Bonchev–Trinajstić information content (AvgIpc) is 3.04. The second-order valence-electron chi connectivity index (χ2n) is 5.73. The van der Waals surface area contributed by atoms with Crippen LogP contribution in [0.1, 0.15) is 28.8 Å². The molecular weight excluding hydrogens is 341 g/mol. The summed E-state index contributed by atoms with van der Waals surface area (Å²) < 4.78 is 20.0. The summed E-state index contributed by atoms with van der Waals surface area (Å²) in [7, 11) is 0. The first kappa shape index (κ1) is 17.5. The molecule has 1 unspecified atom stereocenters. The van der Waals surface area contributed by atoms with E-state index < -0.39 is 23.8 Å². The Labute approximate surface area is 148 Å². The third-order valence-electron chi connectivity index (χ3n) is 3.70. The fourth-order valence-electron chi connectivity index (χ4n) is 2.17. The van der Waals surface area contributed by atoms with Crippen molar-refractivity contribution < 1.29 is 18.7 Å². The monoisotopic (exact) mass is 357 g/mol. The van der Waals surface area contributed by atoms with Crippen molar-refractivity contribution in [3.63, 3.8) is 0 Å². The number of hydrogen-bond donors (Lipinski definition) is 1. The molecule has 3 rings (SSSR count). The highest BCUT2D eigenvalue weighted by molar-refractivity contribution is 5.96. The van der Waals surface area contributed by atoms with Crippen LogP contribution >= 0.6 is 0 Å². The predicted molar refractivity (Wildman–Crippen MR) is 90.2 cm³/mol. The summed E-state index contributed by atoms with van der Waals surface area (Å²) in [4.78, 5) is 32.3. The number of aryl methyl sites for hydroxylation is 2. The van der Waals surface area contributed by atoms with E-state index in [4.69, 9.17) is 4.74 Å². The van der Waals surface area contributed by atoms with Crippen molar-refractivity contribution in [1.82, 2.24) is 19.6 Å². The Morgan fingerprint density at radius 3 is 2.73 bits per heavy atom. The summed E-state index contributed by atoms with van der Waals surface area (Å²) in [6, 6.07) is 6.01. The van der Waals surface area contributed by atoms with Crippen LogP contribution in [0.5, 0.6) is 0 Å². The van der Waals surface area contributed by atoms with Crippen molar-refractivity contribution in [3.8, 4) is 0 Å². The Morgan fingerprint density at radius 2 is 2.04 bits per heavy atom. The van der Waals surface area contributed by atoms with Crippen molar-refractivity contribution in [2.75, 3.05) is 5.32 Å². The van der Waals surface area contributed by atoms with Gasteiger partial charge in [-0.05, 0) is 44.5 Å². The minimum atomic E-state index is -1.12. The standard InChI is InChI=1S/C17H16FN5O3/c1-9-4-5-12(8-13(9)18)20-15(24)11(3)26-16(25)14-21-17-19-7-6-10(2)23(17)22-14/h4-8,11H,1-3H3,(H,20,24). The summed E-state index contributed by atoms with van der Waals surface area (Å²) in [5.74, 6) is -1.84. The summed E-state index contributed by atoms with van der Waals surface area (Å²) >= 11 is 0. The number of ether oxygens (including phenoxy) is 1. The van der Waals surface area contributed by atoms with Crippen molar-refractivity contribution in [3.05, 3.63) is 53.4 Å².